The maximum atomic E-state index is 9.61. The highest BCUT2D eigenvalue weighted by molar-refractivity contribution is 5.80. The summed E-state index contributed by atoms with van der Waals surface area (Å²) in [4.78, 5) is 0. The van der Waals surface area contributed by atoms with Crippen molar-refractivity contribution in [1.82, 2.24) is 24.7 Å². The first kappa shape index (κ1) is 14.8. The molecule has 0 aliphatic heterocycles. The zero-order chi connectivity index (χ0) is 16.4. The van der Waals surface area contributed by atoms with Crippen LogP contribution in [0.2, 0.25) is 0 Å². The summed E-state index contributed by atoms with van der Waals surface area (Å²) in [5, 5.41) is 26.3. The van der Waals surface area contributed by atoms with Crippen molar-refractivity contribution in [3.63, 3.8) is 0 Å². The van der Waals surface area contributed by atoms with Crippen LogP contribution < -0.4 is 4.74 Å². The normalized spacial score (nSPS) is 11.3. The van der Waals surface area contributed by atoms with Crippen molar-refractivity contribution in [1.29, 1.82) is 0 Å². The fourth-order valence-electron chi connectivity index (χ4n) is 2.18. The third-order valence-electron chi connectivity index (χ3n) is 3.25. The first-order valence-electron chi connectivity index (χ1n) is 6.93. The van der Waals surface area contributed by atoms with E-state index in [4.69, 9.17) is 4.74 Å². The molecule has 8 heteroatoms. The van der Waals surface area contributed by atoms with Crippen LogP contribution in [0.5, 0.6) is 11.5 Å². The molecular weight excluding hydrogens is 296 g/mol. The van der Waals surface area contributed by atoms with Gasteiger partial charge in [-0.15, -0.1) is 10.2 Å². The standard InChI is InChI=1S/C15H16N6O2/c1-10-6-11(2)21(19-10)15-18-16-9-20(15)17-8-12-4-5-13(22)14(7-12)23-3/h4-9,22H,1-3H3. The molecule has 3 rings (SSSR count). The van der Waals surface area contributed by atoms with E-state index in [0.717, 1.165) is 17.0 Å². The largest absolute Gasteiger partial charge is 0.504 e. The maximum absolute atomic E-state index is 9.61. The first-order chi connectivity index (χ1) is 11.1. The van der Waals surface area contributed by atoms with Crippen molar-refractivity contribution < 1.29 is 9.84 Å². The van der Waals surface area contributed by atoms with Gasteiger partial charge in [-0.05, 0) is 43.7 Å². The van der Waals surface area contributed by atoms with Gasteiger partial charge in [0.25, 0.3) is 5.95 Å². The zero-order valence-electron chi connectivity index (χ0n) is 13.0. The number of phenolic OH excluding ortho intramolecular Hbond substituents is 1. The summed E-state index contributed by atoms with van der Waals surface area (Å²) >= 11 is 0. The summed E-state index contributed by atoms with van der Waals surface area (Å²) in [6.07, 6.45) is 3.13. The molecule has 1 aromatic carbocycles. The minimum absolute atomic E-state index is 0.0808. The van der Waals surface area contributed by atoms with Gasteiger partial charge in [0.2, 0.25) is 0 Å². The van der Waals surface area contributed by atoms with E-state index in [9.17, 15) is 5.11 Å². The summed E-state index contributed by atoms with van der Waals surface area (Å²) in [7, 11) is 1.50. The fourth-order valence-corrected chi connectivity index (χ4v) is 2.18. The van der Waals surface area contributed by atoms with Crippen LogP contribution >= 0.6 is 0 Å². The van der Waals surface area contributed by atoms with Gasteiger partial charge in [0.05, 0.1) is 19.0 Å². The third kappa shape index (κ3) is 2.91. The number of aryl methyl sites for hydroxylation is 2. The molecule has 0 radical (unpaired) electrons. The molecule has 0 saturated heterocycles. The Bertz CT molecular complexity index is 865. The van der Waals surface area contributed by atoms with E-state index < -0.39 is 0 Å². The summed E-state index contributed by atoms with van der Waals surface area (Å²) < 4.78 is 8.28. The summed E-state index contributed by atoms with van der Waals surface area (Å²) in [6.45, 7) is 3.85. The SMILES string of the molecule is COc1cc(C=Nn2cnnc2-n2nc(C)cc2C)ccc1O. The lowest BCUT2D eigenvalue weighted by Gasteiger charge is -2.04. The van der Waals surface area contributed by atoms with Gasteiger partial charge in [-0.2, -0.15) is 14.9 Å². The van der Waals surface area contributed by atoms with Crippen molar-refractivity contribution >= 4 is 6.21 Å². The van der Waals surface area contributed by atoms with Crippen LogP contribution in [0.3, 0.4) is 0 Å². The van der Waals surface area contributed by atoms with E-state index in [1.54, 1.807) is 29.1 Å². The van der Waals surface area contributed by atoms with Gasteiger partial charge in [-0.3, -0.25) is 0 Å². The van der Waals surface area contributed by atoms with Crippen LogP contribution in [0.25, 0.3) is 5.95 Å². The number of aromatic nitrogens is 5. The average molecular weight is 312 g/mol. The fraction of sp³-hybridized carbons (Fsp3) is 0.200. The van der Waals surface area contributed by atoms with Crippen LogP contribution in [-0.4, -0.2) is 43.1 Å². The smallest absolute Gasteiger partial charge is 0.273 e. The molecule has 23 heavy (non-hydrogen) atoms. The second kappa shape index (κ2) is 5.91. The van der Waals surface area contributed by atoms with Crippen molar-refractivity contribution in [2.24, 2.45) is 5.10 Å². The highest BCUT2D eigenvalue weighted by Crippen LogP contribution is 2.25. The Hall–Kier alpha value is -3.16. The van der Waals surface area contributed by atoms with E-state index in [1.165, 1.54) is 18.1 Å². The average Bonchev–Trinajstić information content (AvgIpc) is 3.12. The lowest BCUT2D eigenvalue weighted by molar-refractivity contribution is 0.373. The van der Waals surface area contributed by atoms with Gasteiger partial charge in [0, 0.05) is 5.69 Å². The molecule has 0 spiro atoms. The van der Waals surface area contributed by atoms with Crippen LogP contribution in [0.4, 0.5) is 0 Å². The topological polar surface area (TPSA) is 90.4 Å². The molecule has 0 atom stereocenters. The monoisotopic (exact) mass is 312 g/mol. The molecular formula is C15H16N6O2. The minimum atomic E-state index is 0.0808. The van der Waals surface area contributed by atoms with Crippen molar-refractivity contribution in [2.45, 2.75) is 13.8 Å². The van der Waals surface area contributed by atoms with E-state index in [1.807, 2.05) is 19.9 Å². The van der Waals surface area contributed by atoms with Crippen LogP contribution in [0.15, 0.2) is 35.7 Å². The second-order valence-electron chi connectivity index (χ2n) is 4.99. The molecule has 8 nitrogen and oxygen atoms in total. The Morgan fingerprint density at radius 3 is 2.78 bits per heavy atom. The Morgan fingerprint density at radius 1 is 1.26 bits per heavy atom. The molecule has 1 N–H and O–H groups in total. The van der Waals surface area contributed by atoms with Crippen LogP contribution in [0, 0.1) is 13.8 Å². The van der Waals surface area contributed by atoms with E-state index in [-0.39, 0.29) is 5.75 Å². The highest BCUT2D eigenvalue weighted by Gasteiger charge is 2.10. The number of aromatic hydroxyl groups is 1. The third-order valence-corrected chi connectivity index (χ3v) is 3.25. The predicted octanol–water partition coefficient (Wildman–Crippen LogP) is 1.68. The predicted molar refractivity (Wildman–Crippen MR) is 84.3 cm³/mol. The van der Waals surface area contributed by atoms with Crippen LogP contribution in [0.1, 0.15) is 17.0 Å². The van der Waals surface area contributed by atoms with Crippen molar-refractivity contribution in [2.75, 3.05) is 7.11 Å². The maximum Gasteiger partial charge on any atom is 0.273 e. The van der Waals surface area contributed by atoms with E-state index in [2.05, 4.69) is 20.4 Å². The molecule has 0 unspecified atom stereocenters. The zero-order valence-corrected chi connectivity index (χ0v) is 13.0. The molecule has 0 aliphatic rings. The number of benzene rings is 1. The molecule has 0 fully saturated rings. The molecule has 3 aromatic rings. The van der Waals surface area contributed by atoms with Crippen LogP contribution in [-0.2, 0) is 0 Å². The number of methoxy groups -OCH3 is 1. The van der Waals surface area contributed by atoms with Gasteiger partial charge >= 0.3 is 0 Å². The van der Waals surface area contributed by atoms with Gasteiger partial charge in [0.1, 0.15) is 6.33 Å². The number of ether oxygens (including phenoxy) is 1. The van der Waals surface area contributed by atoms with Gasteiger partial charge in [0.15, 0.2) is 11.5 Å². The Balaban J connectivity index is 1.92. The number of hydrogen-bond acceptors (Lipinski definition) is 6. The highest BCUT2D eigenvalue weighted by atomic mass is 16.5. The minimum Gasteiger partial charge on any atom is -0.504 e. The lowest BCUT2D eigenvalue weighted by atomic mass is 10.2. The number of rotatable bonds is 4. The molecule has 0 saturated carbocycles. The van der Waals surface area contributed by atoms with Gasteiger partial charge < -0.3 is 9.84 Å². The molecule has 0 amide bonds. The van der Waals surface area contributed by atoms with Crippen molar-refractivity contribution in [3.05, 3.63) is 47.5 Å². The second-order valence-corrected chi connectivity index (χ2v) is 4.99. The summed E-state index contributed by atoms with van der Waals surface area (Å²) in [5.41, 5.74) is 2.61. The van der Waals surface area contributed by atoms with E-state index in [0.29, 0.717) is 11.7 Å². The summed E-state index contributed by atoms with van der Waals surface area (Å²) in [6, 6.07) is 6.92. The Labute approximate surface area is 132 Å². The molecule has 0 aliphatic carbocycles. The Morgan fingerprint density at radius 2 is 2.09 bits per heavy atom. The quantitative estimate of drug-likeness (QED) is 0.740. The van der Waals surface area contributed by atoms with Gasteiger partial charge in [-0.1, -0.05) is 0 Å². The molecule has 2 aromatic heterocycles. The number of nitrogens with zero attached hydrogens (tertiary/aromatic N) is 6. The molecule has 0 bridgehead atoms. The lowest BCUT2D eigenvalue weighted by Crippen LogP contribution is -2.06. The molecule has 118 valence electrons. The first-order valence-corrected chi connectivity index (χ1v) is 6.93. The summed E-state index contributed by atoms with van der Waals surface area (Å²) in [5.74, 6) is 0.964. The molecule has 2 heterocycles. The number of hydrogen-bond donors (Lipinski definition) is 1. The van der Waals surface area contributed by atoms with Gasteiger partial charge in [-0.25, -0.2) is 4.68 Å². The number of phenols is 1. The van der Waals surface area contributed by atoms with Crippen molar-refractivity contribution in [3.8, 4) is 17.4 Å². The van der Waals surface area contributed by atoms with E-state index >= 15 is 0 Å². The Kier molecular flexibility index (Phi) is 3.80.